The summed E-state index contributed by atoms with van der Waals surface area (Å²) in [5.74, 6) is -0.0982. The summed E-state index contributed by atoms with van der Waals surface area (Å²) >= 11 is 0. The van der Waals surface area contributed by atoms with Crippen molar-refractivity contribution in [2.45, 2.75) is 58.0 Å². The van der Waals surface area contributed by atoms with E-state index in [-0.39, 0.29) is 5.97 Å². The molecule has 88 valence electrons. The van der Waals surface area contributed by atoms with Gasteiger partial charge in [-0.25, -0.2) is 0 Å². The van der Waals surface area contributed by atoms with Gasteiger partial charge >= 0.3 is 5.97 Å². The maximum absolute atomic E-state index is 11.2. The molecular formula is C12H23NO2. The van der Waals surface area contributed by atoms with E-state index in [1.54, 1.807) is 0 Å². The molecule has 15 heavy (non-hydrogen) atoms. The lowest BCUT2D eigenvalue weighted by molar-refractivity contribution is -0.142. The Morgan fingerprint density at radius 2 is 2.07 bits per heavy atom. The molecule has 3 nitrogen and oxygen atoms in total. The number of carbonyl (C=O) groups excluding carboxylic acids is 1. The molecule has 1 saturated carbocycles. The van der Waals surface area contributed by atoms with E-state index in [4.69, 9.17) is 4.74 Å². The normalized spacial score (nSPS) is 19.5. The summed E-state index contributed by atoms with van der Waals surface area (Å²) in [6, 6.07) is 1.00. The standard InChI is InChI=1S/C12H23NO2/c1-4-13(11-7-5-6-8-11)10(2)9-12(14)15-3/h10-11H,4-9H2,1-3H3. The lowest BCUT2D eigenvalue weighted by Gasteiger charge is -2.32. The van der Waals surface area contributed by atoms with Crippen LogP contribution in [0.1, 0.15) is 46.0 Å². The van der Waals surface area contributed by atoms with Gasteiger partial charge in [0.15, 0.2) is 0 Å². The lowest BCUT2D eigenvalue weighted by Crippen LogP contribution is -2.41. The average Bonchev–Trinajstić information content (AvgIpc) is 2.72. The highest BCUT2D eigenvalue weighted by atomic mass is 16.5. The second-order valence-corrected chi connectivity index (χ2v) is 4.40. The van der Waals surface area contributed by atoms with E-state index in [1.807, 2.05) is 0 Å². The lowest BCUT2D eigenvalue weighted by atomic mass is 10.1. The second kappa shape index (κ2) is 6.11. The van der Waals surface area contributed by atoms with E-state index < -0.39 is 0 Å². The van der Waals surface area contributed by atoms with Gasteiger partial charge in [-0.3, -0.25) is 9.69 Å². The quantitative estimate of drug-likeness (QED) is 0.656. The van der Waals surface area contributed by atoms with Crippen molar-refractivity contribution < 1.29 is 9.53 Å². The Labute approximate surface area is 92.8 Å². The van der Waals surface area contributed by atoms with Gasteiger partial charge in [0.25, 0.3) is 0 Å². The molecule has 1 rings (SSSR count). The van der Waals surface area contributed by atoms with E-state index in [1.165, 1.54) is 32.8 Å². The maximum Gasteiger partial charge on any atom is 0.307 e. The fraction of sp³-hybridized carbons (Fsp3) is 0.917. The first kappa shape index (κ1) is 12.5. The van der Waals surface area contributed by atoms with Crippen LogP contribution in [0.2, 0.25) is 0 Å². The van der Waals surface area contributed by atoms with Gasteiger partial charge in [-0.05, 0) is 26.3 Å². The average molecular weight is 213 g/mol. The number of methoxy groups -OCH3 is 1. The van der Waals surface area contributed by atoms with Crippen molar-refractivity contribution in [1.29, 1.82) is 0 Å². The highest BCUT2D eigenvalue weighted by Crippen LogP contribution is 2.25. The Balaban J connectivity index is 2.45. The number of hydrogen-bond donors (Lipinski definition) is 0. The van der Waals surface area contributed by atoms with Crippen molar-refractivity contribution in [3.05, 3.63) is 0 Å². The predicted octanol–water partition coefficient (Wildman–Crippen LogP) is 2.20. The van der Waals surface area contributed by atoms with Gasteiger partial charge in [-0.15, -0.1) is 0 Å². The summed E-state index contributed by atoms with van der Waals surface area (Å²) in [6.45, 7) is 5.33. The molecular weight excluding hydrogens is 190 g/mol. The summed E-state index contributed by atoms with van der Waals surface area (Å²) < 4.78 is 4.71. The minimum Gasteiger partial charge on any atom is -0.469 e. The minimum atomic E-state index is -0.0982. The monoisotopic (exact) mass is 213 g/mol. The third kappa shape index (κ3) is 3.49. The molecule has 0 N–H and O–H groups in total. The van der Waals surface area contributed by atoms with Gasteiger partial charge in [-0.1, -0.05) is 19.8 Å². The molecule has 1 aliphatic carbocycles. The molecule has 1 unspecified atom stereocenters. The zero-order chi connectivity index (χ0) is 11.3. The van der Waals surface area contributed by atoms with Crippen LogP contribution in [0.15, 0.2) is 0 Å². The van der Waals surface area contributed by atoms with Crippen molar-refractivity contribution >= 4 is 5.97 Å². The Morgan fingerprint density at radius 3 is 2.53 bits per heavy atom. The van der Waals surface area contributed by atoms with Gasteiger partial charge in [0, 0.05) is 12.1 Å². The zero-order valence-corrected chi connectivity index (χ0v) is 10.2. The van der Waals surface area contributed by atoms with Gasteiger partial charge in [0.1, 0.15) is 0 Å². The highest BCUT2D eigenvalue weighted by Gasteiger charge is 2.26. The molecule has 0 bridgehead atoms. The smallest absolute Gasteiger partial charge is 0.307 e. The molecule has 0 saturated heterocycles. The molecule has 1 aliphatic rings. The Morgan fingerprint density at radius 1 is 1.47 bits per heavy atom. The fourth-order valence-electron chi connectivity index (χ4n) is 2.61. The molecule has 1 atom stereocenters. The minimum absolute atomic E-state index is 0.0982. The Hall–Kier alpha value is -0.570. The molecule has 0 aromatic heterocycles. The number of esters is 1. The Kier molecular flexibility index (Phi) is 5.09. The van der Waals surface area contributed by atoms with Crippen molar-refractivity contribution in [2.75, 3.05) is 13.7 Å². The molecule has 0 aliphatic heterocycles. The first-order chi connectivity index (χ1) is 7.19. The molecule has 0 spiro atoms. The van der Waals surface area contributed by atoms with E-state index >= 15 is 0 Å². The Bertz CT molecular complexity index is 200. The first-order valence-electron chi connectivity index (χ1n) is 6.01. The fourth-order valence-corrected chi connectivity index (χ4v) is 2.61. The summed E-state index contributed by atoms with van der Waals surface area (Å²) in [7, 11) is 1.46. The topological polar surface area (TPSA) is 29.5 Å². The largest absolute Gasteiger partial charge is 0.469 e. The van der Waals surface area contributed by atoms with Crippen LogP contribution in [0.4, 0.5) is 0 Å². The zero-order valence-electron chi connectivity index (χ0n) is 10.2. The maximum atomic E-state index is 11.2. The summed E-state index contributed by atoms with van der Waals surface area (Å²) in [6.07, 6.45) is 5.78. The first-order valence-corrected chi connectivity index (χ1v) is 6.01. The van der Waals surface area contributed by atoms with Crippen LogP contribution < -0.4 is 0 Å². The molecule has 3 heteroatoms. The highest BCUT2D eigenvalue weighted by molar-refractivity contribution is 5.69. The SMILES string of the molecule is CCN(C(C)CC(=O)OC)C1CCCC1. The van der Waals surface area contributed by atoms with E-state index in [2.05, 4.69) is 18.7 Å². The number of ether oxygens (including phenoxy) is 1. The van der Waals surface area contributed by atoms with Crippen LogP contribution in [-0.4, -0.2) is 36.6 Å². The van der Waals surface area contributed by atoms with Crippen LogP contribution in [0, 0.1) is 0 Å². The van der Waals surface area contributed by atoms with Gasteiger partial charge in [0.05, 0.1) is 13.5 Å². The van der Waals surface area contributed by atoms with Crippen LogP contribution in [0.5, 0.6) is 0 Å². The van der Waals surface area contributed by atoms with Gasteiger partial charge in [-0.2, -0.15) is 0 Å². The van der Waals surface area contributed by atoms with Crippen LogP contribution in [-0.2, 0) is 9.53 Å². The van der Waals surface area contributed by atoms with Crippen LogP contribution in [0.3, 0.4) is 0 Å². The van der Waals surface area contributed by atoms with Crippen molar-refractivity contribution in [2.24, 2.45) is 0 Å². The summed E-state index contributed by atoms with van der Waals surface area (Å²) in [5.41, 5.74) is 0. The third-order valence-electron chi connectivity index (χ3n) is 3.41. The van der Waals surface area contributed by atoms with Crippen molar-refractivity contribution in [1.82, 2.24) is 4.90 Å². The molecule has 0 radical (unpaired) electrons. The number of hydrogen-bond acceptors (Lipinski definition) is 3. The number of carbonyl (C=O) groups is 1. The van der Waals surface area contributed by atoms with E-state index in [0.29, 0.717) is 18.5 Å². The van der Waals surface area contributed by atoms with Crippen molar-refractivity contribution in [3.63, 3.8) is 0 Å². The van der Waals surface area contributed by atoms with Crippen molar-refractivity contribution in [3.8, 4) is 0 Å². The molecule has 0 aromatic rings. The molecule has 0 amide bonds. The molecule has 0 heterocycles. The summed E-state index contributed by atoms with van der Waals surface area (Å²) in [4.78, 5) is 13.7. The van der Waals surface area contributed by atoms with E-state index in [9.17, 15) is 4.79 Å². The third-order valence-corrected chi connectivity index (χ3v) is 3.41. The van der Waals surface area contributed by atoms with Crippen LogP contribution >= 0.6 is 0 Å². The number of nitrogens with zero attached hydrogens (tertiary/aromatic N) is 1. The van der Waals surface area contributed by atoms with Gasteiger partial charge < -0.3 is 4.74 Å². The van der Waals surface area contributed by atoms with E-state index in [0.717, 1.165) is 6.54 Å². The van der Waals surface area contributed by atoms with Gasteiger partial charge in [0.2, 0.25) is 0 Å². The molecule has 0 aromatic carbocycles. The molecule has 1 fully saturated rings. The summed E-state index contributed by atoms with van der Waals surface area (Å²) in [5, 5.41) is 0. The second-order valence-electron chi connectivity index (χ2n) is 4.40. The predicted molar refractivity (Wildman–Crippen MR) is 60.7 cm³/mol. The van der Waals surface area contributed by atoms with Crippen LogP contribution in [0.25, 0.3) is 0 Å². The number of rotatable bonds is 5.